The van der Waals surface area contributed by atoms with Crippen molar-refractivity contribution in [2.45, 2.75) is 25.7 Å². The molecule has 1 heterocycles. The fourth-order valence-electron chi connectivity index (χ4n) is 3.48. The number of hydrogen-bond donors (Lipinski definition) is 1. The molecule has 0 unspecified atom stereocenters. The summed E-state index contributed by atoms with van der Waals surface area (Å²) in [6.45, 7) is 4.04. The van der Waals surface area contributed by atoms with E-state index in [2.05, 4.69) is 4.90 Å². The Hall–Kier alpha value is -2.85. The van der Waals surface area contributed by atoms with E-state index in [0.717, 1.165) is 29.7 Å². The molecule has 0 aliphatic carbocycles. The second-order valence-electron chi connectivity index (χ2n) is 7.36. The van der Waals surface area contributed by atoms with Crippen LogP contribution in [0.5, 0.6) is 11.5 Å². The largest absolute Gasteiger partial charge is 0.508 e. The summed E-state index contributed by atoms with van der Waals surface area (Å²) in [6.07, 6.45) is 11.1. The molecule has 152 valence electrons. The number of carbonyl (C=O) groups is 1. The molecular formula is C25H29NO3. The number of carbonyl (C=O) groups excluding carboxylic acids is 1. The summed E-state index contributed by atoms with van der Waals surface area (Å²) < 4.78 is 5.92. The number of hydrogen-bond acceptors (Lipinski definition) is 4. The monoisotopic (exact) mass is 391 g/mol. The first-order valence-electron chi connectivity index (χ1n) is 10.3. The number of aldehydes is 1. The number of aromatic hydroxyl groups is 1. The summed E-state index contributed by atoms with van der Waals surface area (Å²) in [7, 11) is 0. The van der Waals surface area contributed by atoms with Gasteiger partial charge in [0.2, 0.25) is 0 Å². The van der Waals surface area contributed by atoms with Gasteiger partial charge in [-0.3, -0.25) is 9.69 Å². The first kappa shape index (κ1) is 20.9. The Morgan fingerprint density at radius 2 is 1.83 bits per heavy atom. The Kier molecular flexibility index (Phi) is 8.08. The molecule has 1 aliphatic heterocycles. The number of phenolic OH excluding ortho intramolecular Hbond substituents is 1. The Balaban J connectivity index is 1.51. The molecule has 0 aromatic heterocycles. The van der Waals surface area contributed by atoms with Crippen molar-refractivity contribution < 1.29 is 14.6 Å². The van der Waals surface area contributed by atoms with E-state index in [-0.39, 0.29) is 5.75 Å². The maximum absolute atomic E-state index is 11.4. The molecule has 1 N–H and O–H groups in total. The molecule has 0 radical (unpaired) electrons. The number of likely N-dealkylation sites (tertiary alicyclic amines) is 1. The molecule has 29 heavy (non-hydrogen) atoms. The van der Waals surface area contributed by atoms with Crippen LogP contribution in [0, 0.1) is 0 Å². The molecular weight excluding hydrogens is 362 g/mol. The molecule has 0 amide bonds. The minimum absolute atomic E-state index is 0.191. The van der Waals surface area contributed by atoms with Gasteiger partial charge in [0.1, 0.15) is 24.4 Å². The maximum Gasteiger partial charge on any atom is 0.146 e. The molecule has 4 nitrogen and oxygen atoms in total. The van der Waals surface area contributed by atoms with E-state index in [1.807, 2.05) is 42.5 Å². The van der Waals surface area contributed by atoms with Gasteiger partial charge in [0.05, 0.1) is 0 Å². The summed E-state index contributed by atoms with van der Waals surface area (Å²) in [4.78, 5) is 13.8. The highest BCUT2D eigenvalue weighted by Crippen LogP contribution is 2.17. The second kappa shape index (κ2) is 11.2. The lowest BCUT2D eigenvalue weighted by atomic mass is 10.1. The average Bonchev–Trinajstić information content (AvgIpc) is 2.74. The topological polar surface area (TPSA) is 49.8 Å². The lowest BCUT2D eigenvalue weighted by molar-refractivity contribution is -0.104. The molecule has 2 aromatic carbocycles. The smallest absolute Gasteiger partial charge is 0.146 e. The highest BCUT2D eigenvalue weighted by Gasteiger charge is 2.09. The van der Waals surface area contributed by atoms with Crippen molar-refractivity contribution in [1.29, 1.82) is 0 Å². The minimum atomic E-state index is 0.191. The van der Waals surface area contributed by atoms with Gasteiger partial charge in [-0.2, -0.15) is 0 Å². The lowest BCUT2D eigenvalue weighted by Crippen LogP contribution is -2.33. The SMILES string of the molecule is O=C/C(=C\c1cccc(O)c1)C/C=C/c1cccc(OCCN2CCCCC2)c1. The minimum Gasteiger partial charge on any atom is -0.508 e. The molecule has 3 rings (SSSR count). The van der Waals surface area contributed by atoms with Crippen molar-refractivity contribution in [3.8, 4) is 11.5 Å². The zero-order chi connectivity index (χ0) is 20.3. The third-order valence-corrected chi connectivity index (χ3v) is 5.02. The van der Waals surface area contributed by atoms with Crippen molar-refractivity contribution in [2.24, 2.45) is 0 Å². The van der Waals surface area contributed by atoms with E-state index in [1.165, 1.54) is 32.4 Å². The molecule has 2 aromatic rings. The van der Waals surface area contributed by atoms with Gasteiger partial charge in [0.15, 0.2) is 0 Å². The van der Waals surface area contributed by atoms with Crippen molar-refractivity contribution in [3.05, 3.63) is 71.3 Å². The first-order chi connectivity index (χ1) is 14.2. The fraction of sp³-hybridized carbons (Fsp3) is 0.320. The molecule has 1 fully saturated rings. The zero-order valence-corrected chi connectivity index (χ0v) is 16.8. The van der Waals surface area contributed by atoms with Crippen LogP contribution in [-0.4, -0.2) is 42.5 Å². The van der Waals surface area contributed by atoms with Gasteiger partial charge in [0, 0.05) is 6.54 Å². The quantitative estimate of drug-likeness (QED) is 0.486. The Labute approximate surface area is 173 Å². The molecule has 4 heteroatoms. The predicted molar refractivity (Wildman–Crippen MR) is 118 cm³/mol. The summed E-state index contributed by atoms with van der Waals surface area (Å²) in [5.74, 6) is 1.06. The van der Waals surface area contributed by atoms with E-state index in [4.69, 9.17) is 4.74 Å². The molecule has 1 aliphatic rings. The van der Waals surface area contributed by atoms with Crippen LogP contribution in [0.1, 0.15) is 36.8 Å². The third-order valence-electron chi connectivity index (χ3n) is 5.02. The molecule has 0 bridgehead atoms. The molecule has 0 atom stereocenters. The number of nitrogens with zero attached hydrogens (tertiary/aromatic N) is 1. The van der Waals surface area contributed by atoms with Gasteiger partial charge < -0.3 is 9.84 Å². The number of benzene rings is 2. The van der Waals surface area contributed by atoms with Gasteiger partial charge >= 0.3 is 0 Å². The van der Waals surface area contributed by atoms with E-state index in [1.54, 1.807) is 24.3 Å². The van der Waals surface area contributed by atoms with Crippen LogP contribution in [0.3, 0.4) is 0 Å². The van der Waals surface area contributed by atoms with Gasteiger partial charge in [-0.05, 0) is 79.4 Å². The standard InChI is InChI=1S/C25H29NO3/c27-20-23(17-22-9-5-11-24(28)18-22)10-4-7-21-8-6-12-25(19-21)29-16-15-26-13-2-1-3-14-26/h4-9,11-12,17-20,28H,1-3,10,13-16H2/b7-4+,23-17-. The predicted octanol–water partition coefficient (Wildman–Crippen LogP) is 4.94. The first-order valence-corrected chi connectivity index (χ1v) is 10.3. The zero-order valence-electron chi connectivity index (χ0n) is 16.8. The molecule has 1 saturated heterocycles. The van der Waals surface area contributed by atoms with Gasteiger partial charge in [-0.25, -0.2) is 0 Å². The van der Waals surface area contributed by atoms with Crippen LogP contribution in [0.4, 0.5) is 0 Å². The lowest BCUT2D eigenvalue weighted by Gasteiger charge is -2.26. The summed E-state index contributed by atoms with van der Waals surface area (Å²) in [5.41, 5.74) is 2.51. The van der Waals surface area contributed by atoms with Gasteiger partial charge in [-0.15, -0.1) is 0 Å². The van der Waals surface area contributed by atoms with Crippen molar-refractivity contribution in [2.75, 3.05) is 26.2 Å². The van der Waals surface area contributed by atoms with E-state index >= 15 is 0 Å². The summed E-state index contributed by atoms with van der Waals surface area (Å²) in [5, 5.41) is 9.54. The Bertz CT molecular complexity index is 851. The van der Waals surface area contributed by atoms with E-state index < -0.39 is 0 Å². The number of rotatable bonds is 9. The van der Waals surface area contributed by atoms with Crippen LogP contribution in [0.2, 0.25) is 0 Å². The average molecular weight is 392 g/mol. The van der Waals surface area contributed by atoms with E-state index in [0.29, 0.717) is 18.6 Å². The third kappa shape index (κ3) is 7.24. The van der Waals surface area contributed by atoms with Gasteiger partial charge in [-0.1, -0.05) is 42.8 Å². The summed E-state index contributed by atoms with van der Waals surface area (Å²) in [6, 6.07) is 14.9. The van der Waals surface area contributed by atoms with Crippen LogP contribution in [-0.2, 0) is 4.79 Å². The van der Waals surface area contributed by atoms with Crippen LogP contribution < -0.4 is 4.74 Å². The molecule has 0 spiro atoms. The fourth-order valence-corrected chi connectivity index (χ4v) is 3.48. The Morgan fingerprint density at radius 3 is 2.62 bits per heavy atom. The molecule has 0 saturated carbocycles. The maximum atomic E-state index is 11.4. The number of allylic oxidation sites excluding steroid dienone is 2. The van der Waals surface area contributed by atoms with Crippen molar-refractivity contribution >= 4 is 18.4 Å². The normalized spacial score (nSPS) is 15.5. The van der Waals surface area contributed by atoms with Gasteiger partial charge in [0.25, 0.3) is 0 Å². The van der Waals surface area contributed by atoms with E-state index in [9.17, 15) is 9.90 Å². The summed E-state index contributed by atoms with van der Waals surface area (Å²) >= 11 is 0. The Morgan fingerprint density at radius 1 is 1.03 bits per heavy atom. The number of phenols is 1. The van der Waals surface area contributed by atoms with Crippen molar-refractivity contribution in [1.82, 2.24) is 4.90 Å². The van der Waals surface area contributed by atoms with Crippen molar-refractivity contribution in [3.63, 3.8) is 0 Å². The van der Waals surface area contributed by atoms with Crippen LogP contribution in [0.15, 0.2) is 60.2 Å². The number of ether oxygens (including phenoxy) is 1. The highest BCUT2D eigenvalue weighted by molar-refractivity contribution is 5.82. The number of piperidine rings is 1. The van der Waals surface area contributed by atoms with Crippen LogP contribution in [0.25, 0.3) is 12.2 Å². The van der Waals surface area contributed by atoms with Crippen LogP contribution >= 0.6 is 0 Å². The highest BCUT2D eigenvalue weighted by atomic mass is 16.5. The second-order valence-corrected chi connectivity index (χ2v) is 7.36.